The number of carbonyl (C=O) groups is 1. The fraction of sp³-hybridized carbons (Fsp3) is 0.500. The van der Waals surface area contributed by atoms with Crippen LogP contribution in [0.1, 0.15) is 33.8 Å². The third-order valence-electron chi connectivity index (χ3n) is 5.31. The topological polar surface area (TPSA) is 83.6 Å². The molecule has 3 rings (SSSR count). The van der Waals surface area contributed by atoms with Gasteiger partial charge in [-0.25, -0.2) is 0 Å². The fourth-order valence-electron chi connectivity index (χ4n) is 4.13. The van der Waals surface area contributed by atoms with Crippen molar-refractivity contribution in [3.63, 3.8) is 0 Å². The van der Waals surface area contributed by atoms with Crippen molar-refractivity contribution < 1.29 is 19.5 Å². The van der Waals surface area contributed by atoms with E-state index in [2.05, 4.69) is 21.1 Å². The average molecular weight is 317 g/mol. The minimum absolute atomic E-state index is 0.0248. The van der Waals surface area contributed by atoms with Gasteiger partial charge in [0.15, 0.2) is 0 Å². The highest BCUT2D eigenvalue weighted by Crippen LogP contribution is 2.47. The van der Waals surface area contributed by atoms with Gasteiger partial charge >= 0.3 is 0 Å². The molecule has 0 fully saturated rings. The Morgan fingerprint density at radius 1 is 1.35 bits per heavy atom. The molecule has 0 heterocycles. The number of fused-ring (bicyclic) bond motifs is 3. The maximum atomic E-state index is 11.5. The van der Waals surface area contributed by atoms with Crippen LogP contribution in [-0.2, 0) is 6.42 Å². The van der Waals surface area contributed by atoms with Crippen LogP contribution in [0.5, 0.6) is 0 Å². The van der Waals surface area contributed by atoms with Gasteiger partial charge in [-0.2, -0.15) is 0 Å². The van der Waals surface area contributed by atoms with E-state index >= 15 is 0 Å². The summed E-state index contributed by atoms with van der Waals surface area (Å²) >= 11 is 0. The maximum absolute atomic E-state index is 11.5. The summed E-state index contributed by atoms with van der Waals surface area (Å²) < 4.78 is 0.616. The minimum atomic E-state index is -1.04. The van der Waals surface area contributed by atoms with Crippen LogP contribution in [-0.4, -0.2) is 59.5 Å². The lowest BCUT2D eigenvalue weighted by molar-refractivity contribution is -0.903. The molecular weight excluding hydrogens is 292 g/mol. The molecule has 2 aliphatic carbocycles. The molecule has 0 aliphatic heterocycles. The van der Waals surface area contributed by atoms with Crippen molar-refractivity contribution >= 4 is 5.91 Å². The predicted octanol–water partition coefficient (Wildman–Crippen LogP) is 0.552. The van der Waals surface area contributed by atoms with Gasteiger partial charge in [-0.3, -0.25) is 4.79 Å². The molecule has 1 aromatic rings. The van der Waals surface area contributed by atoms with Crippen molar-refractivity contribution in [3.8, 4) is 0 Å². The number of rotatable bonds is 2. The first-order valence-electron chi connectivity index (χ1n) is 7.96. The first kappa shape index (κ1) is 16.2. The summed E-state index contributed by atoms with van der Waals surface area (Å²) in [6.45, 7) is 0. The Balaban J connectivity index is 2.18. The molecule has 0 saturated heterocycles. The van der Waals surface area contributed by atoms with E-state index in [-0.39, 0.29) is 12.0 Å². The van der Waals surface area contributed by atoms with Crippen LogP contribution in [0.2, 0.25) is 0 Å². The Morgan fingerprint density at radius 2 is 2.04 bits per heavy atom. The molecule has 0 aromatic heterocycles. The molecule has 4 N–H and O–H groups in total. The zero-order valence-electron chi connectivity index (χ0n) is 13.9. The fourth-order valence-corrected chi connectivity index (χ4v) is 4.13. The van der Waals surface area contributed by atoms with Crippen molar-refractivity contribution in [2.45, 2.75) is 36.5 Å². The van der Waals surface area contributed by atoms with E-state index in [4.69, 9.17) is 5.73 Å². The average Bonchev–Trinajstić information content (AvgIpc) is 2.46. The van der Waals surface area contributed by atoms with E-state index < -0.39 is 17.6 Å². The maximum Gasteiger partial charge on any atom is 0.248 e. The number of primary amides is 1. The Labute approximate surface area is 136 Å². The zero-order chi connectivity index (χ0) is 17.0. The molecule has 0 bridgehead atoms. The quantitative estimate of drug-likeness (QED) is 0.550. The summed E-state index contributed by atoms with van der Waals surface area (Å²) in [5.41, 5.74) is 6.85. The van der Waals surface area contributed by atoms with Gasteiger partial charge in [0.25, 0.3) is 0 Å². The molecule has 1 amide bonds. The van der Waals surface area contributed by atoms with Crippen LogP contribution >= 0.6 is 0 Å². The monoisotopic (exact) mass is 317 g/mol. The van der Waals surface area contributed by atoms with E-state index in [1.54, 1.807) is 24.3 Å². The Bertz CT molecular complexity index is 677. The summed E-state index contributed by atoms with van der Waals surface area (Å²) in [4.78, 5) is 11.5. The van der Waals surface area contributed by atoms with Crippen molar-refractivity contribution in [3.05, 3.63) is 47.0 Å². The van der Waals surface area contributed by atoms with Gasteiger partial charge in [0.2, 0.25) is 5.91 Å². The van der Waals surface area contributed by atoms with Crippen LogP contribution < -0.4 is 5.73 Å². The highest BCUT2D eigenvalue weighted by atomic mass is 16.3. The second-order valence-corrected chi connectivity index (χ2v) is 7.72. The van der Waals surface area contributed by atoms with Crippen LogP contribution in [0.15, 0.2) is 30.4 Å². The molecule has 23 heavy (non-hydrogen) atoms. The number of aliphatic hydroxyl groups excluding tert-OH is 1. The number of carbonyl (C=O) groups excluding carboxylic acids is 1. The lowest BCUT2D eigenvalue weighted by Gasteiger charge is -2.51. The molecule has 124 valence electrons. The number of quaternary nitrogens is 1. The standard InChI is InChI=1S/C18H24N2O3/c1-20(2,3)16-9-11-4-5-12(17(19)22)8-14(11)15-10-13(21)6-7-18(15,16)23/h4-8,13,15-16,21,23H,9-10H2,1-3H3,(H-,19,22)/p+1/t13?,15?,16-,18+/m1/s1. The molecule has 2 aliphatic rings. The van der Waals surface area contributed by atoms with Crippen molar-refractivity contribution in [1.82, 2.24) is 0 Å². The SMILES string of the molecule is C[N+](C)(C)[C@@H]1Cc2ccc(C(N)=O)cc2C2CC(O)C=C[C@]21O. The third-order valence-corrected chi connectivity index (χ3v) is 5.31. The molecule has 0 radical (unpaired) electrons. The van der Waals surface area contributed by atoms with Gasteiger partial charge < -0.3 is 20.4 Å². The van der Waals surface area contributed by atoms with Crippen molar-refractivity contribution in [2.75, 3.05) is 21.1 Å². The van der Waals surface area contributed by atoms with Crippen molar-refractivity contribution in [2.24, 2.45) is 5.73 Å². The zero-order valence-corrected chi connectivity index (χ0v) is 13.9. The van der Waals surface area contributed by atoms with Gasteiger partial charge in [0.05, 0.1) is 27.2 Å². The molecule has 2 unspecified atom stereocenters. The Kier molecular flexibility index (Phi) is 3.63. The van der Waals surface area contributed by atoms with Crippen LogP contribution in [0.4, 0.5) is 0 Å². The number of amides is 1. The van der Waals surface area contributed by atoms with Crippen LogP contribution in [0, 0.1) is 0 Å². The third kappa shape index (κ3) is 2.59. The van der Waals surface area contributed by atoms with Gasteiger partial charge in [0.1, 0.15) is 11.6 Å². The molecule has 1 aromatic carbocycles. The predicted molar refractivity (Wildman–Crippen MR) is 87.9 cm³/mol. The van der Waals surface area contributed by atoms with Gasteiger partial charge in [-0.05, 0) is 35.8 Å². The van der Waals surface area contributed by atoms with E-state index in [0.717, 1.165) is 11.1 Å². The number of aliphatic hydroxyl groups is 2. The molecule has 0 saturated carbocycles. The summed E-state index contributed by atoms with van der Waals surface area (Å²) in [5, 5.41) is 21.5. The number of hydrogen-bond acceptors (Lipinski definition) is 3. The summed E-state index contributed by atoms with van der Waals surface area (Å²) in [6, 6.07) is 5.43. The molecular formula is C18H25N2O3+. The van der Waals surface area contributed by atoms with Crippen LogP contribution in [0.3, 0.4) is 0 Å². The molecule has 0 spiro atoms. The van der Waals surface area contributed by atoms with Crippen molar-refractivity contribution in [1.29, 1.82) is 0 Å². The first-order valence-corrected chi connectivity index (χ1v) is 7.96. The molecule has 5 heteroatoms. The largest absolute Gasteiger partial charge is 0.389 e. The minimum Gasteiger partial charge on any atom is -0.389 e. The number of nitrogens with zero attached hydrogens (tertiary/aromatic N) is 1. The van der Waals surface area contributed by atoms with E-state index in [1.165, 1.54) is 0 Å². The second-order valence-electron chi connectivity index (χ2n) is 7.72. The highest BCUT2D eigenvalue weighted by molar-refractivity contribution is 5.93. The van der Waals surface area contributed by atoms with Crippen LogP contribution in [0.25, 0.3) is 0 Å². The normalized spacial score (nSPS) is 33.0. The Hall–Kier alpha value is -1.69. The van der Waals surface area contributed by atoms with E-state index in [0.29, 0.717) is 22.9 Å². The van der Waals surface area contributed by atoms with E-state index in [1.807, 2.05) is 6.07 Å². The number of likely N-dealkylation sites (N-methyl/N-ethyl adjacent to an activating group) is 1. The smallest absolute Gasteiger partial charge is 0.248 e. The summed E-state index contributed by atoms with van der Waals surface area (Å²) in [5.74, 6) is -0.718. The number of benzene rings is 1. The van der Waals surface area contributed by atoms with Gasteiger partial charge in [-0.1, -0.05) is 12.1 Å². The molecule has 4 atom stereocenters. The first-order chi connectivity index (χ1) is 10.6. The summed E-state index contributed by atoms with van der Waals surface area (Å²) in [7, 11) is 6.21. The molecule has 5 nitrogen and oxygen atoms in total. The number of hydrogen-bond donors (Lipinski definition) is 3. The Morgan fingerprint density at radius 3 is 2.65 bits per heavy atom. The number of nitrogens with two attached hydrogens (primary N) is 1. The highest BCUT2D eigenvalue weighted by Gasteiger charge is 2.54. The lowest BCUT2D eigenvalue weighted by Crippen LogP contribution is -2.64. The second kappa shape index (κ2) is 5.16. The summed E-state index contributed by atoms with van der Waals surface area (Å²) in [6.07, 6.45) is 4.00. The van der Waals surface area contributed by atoms with Gasteiger partial charge in [0, 0.05) is 17.9 Å². The lowest BCUT2D eigenvalue weighted by atomic mass is 9.63. The van der Waals surface area contributed by atoms with Gasteiger partial charge in [-0.15, -0.1) is 0 Å². The van der Waals surface area contributed by atoms with E-state index in [9.17, 15) is 15.0 Å².